The number of carbonyl (C=O) groups is 1. The molecular formula is C15H20O. The Bertz CT molecular complexity index is 420. The largest absolute Gasteiger partial charge is 0.294 e. The number of rotatable bonds is 2. The molecule has 1 rings (SSSR count). The van der Waals surface area contributed by atoms with E-state index in [-0.39, 0.29) is 11.2 Å². The Labute approximate surface area is 98.2 Å². The predicted molar refractivity (Wildman–Crippen MR) is 69.4 cm³/mol. The molecule has 86 valence electrons. The quantitative estimate of drug-likeness (QED) is 0.684. The molecule has 0 aliphatic rings. The first-order chi connectivity index (χ1) is 7.30. The third kappa shape index (κ3) is 3.34. The molecule has 1 aromatic carbocycles. The van der Waals surface area contributed by atoms with Crippen molar-refractivity contribution in [1.82, 2.24) is 0 Å². The number of ketones is 1. The molecule has 1 heteroatoms. The summed E-state index contributed by atoms with van der Waals surface area (Å²) in [4.78, 5) is 11.7. The van der Waals surface area contributed by atoms with Crippen LogP contribution in [0.2, 0.25) is 0 Å². The summed E-state index contributed by atoms with van der Waals surface area (Å²) >= 11 is 0. The van der Waals surface area contributed by atoms with E-state index >= 15 is 0 Å². The van der Waals surface area contributed by atoms with E-state index in [4.69, 9.17) is 0 Å². The van der Waals surface area contributed by atoms with Gasteiger partial charge in [0.05, 0.1) is 0 Å². The van der Waals surface area contributed by atoms with Gasteiger partial charge in [0, 0.05) is 5.41 Å². The molecule has 0 fully saturated rings. The molecule has 0 atom stereocenters. The number of hydrogen-bond donors (Lipinski definition) is 0. The lowest BCUT2D eigenvalue weighted by Crippen LogP contribution is -2.17. The highest BCUT2D eigenvalue weighted by Gasteiger charge is 2.17. The van der Waals surface area contributed by atoms with E-state index in [2.05, 4.69) is 26.0 Å². The lowest BCUT2D eigenvalue weighted by molar-refractivity contribution is -0.121. The molecule has 0 saturated heterocycles. The van der Waals surface area contributed by atoms with Gasteiger partial charge in [-0.25, -0.2) is 0 Å². The molecule has 0 spiro atoms. The number of hydrogen-bond acceptors (Lipinski definition) is 1. The Balaban J connectivity index is 2.85. The van der Waals surface area contributed by atoms with Gasteiger partial charge in [0.2, 0.25) is 0 Å². The van der Waals surface area contributed by atoms with Crippen LogP contribution >= 0.6 is 0 Å². The Morgan fingerprint density at radius 2 is 1.75 bits per heavy atom. The minimum absolute atomic E-state index is 0.158. The Hall–Kier alpha value is -1.37. The van der Waals surface area contributed by atoms with Crippen LogP contribution in [0.15, 0.2) is 24.3 Å². The zero-order valence-electron chi connectivity index (χ0n) is 10.8. The molecule has 0 aromatic heterocycles. The summed E-state index contributed by atoms with van der Waals surface area (Å²) in [6.07, 6.45) is 3.56. The molecule has 16 heavy (non-hydrogen) atoms. The van der Waals surface area contributed by atoms with Crippen LogP contribution in [-0.4, -0.2) is 5.78 Å². The van der Waals surface area contributed by atoms with Crippen LogP contribution in [0, 0.1) is 19.3 Å². The molecule has 0 aliphatic carbocycles. The van der Waals surface area contributed by atoms with E-state index in [1.165, 1.54) is 11.1 Å². The van der Waals surface area contributed by atoms with Gasteiger partial charge >= 0.3 is 0 Å². The maximum atomic E-state index is 11.7. The van der Waals surface area contributed by atoms with Crippen LogP contribution in [0.1, 0.15) is 37.5 Å². The summed E-state index contributed by atoms with van der Waals surface area (Å²) in [6, 6.07) is 6.22. The highest BCUT2D eigenvalue weighted by atomic mass is 16.1. The van der Waals surface area contributed by atoms with Gasteiger partial charge in [-0.05, 0) is 36.6 Å². The van der Waals surface area contributed by atoms with E-state index < -0.39 is 0 Å². The van der Waals surface area contributed by atoms with Crippen molar-refractivity contribution in [2.45, 2.75) is 34.6 Å². The van der Waals surface area contributed by atoms with Crippen molar-refractivity contribution in [2.24, 2.45) is 5.41 Å². The summed E-state index contributed by atoms with van der Waals surface area (Å²) in [6.45, 7) is 9.96. The van der Waals surface area contributed by atoms with Crippen molar-refractivity contribution >= 4 is 11.9 Å². The number of allylic oxidation sites excluding steroid dienone is 1. The van der Waals surface area contributed by atoms with Crippen molar-refractivity contribution in [3.63, 3.8) is 0 Å². The van der Waals surface area contributed by atoms with E-state index in [1.54, 1.807) is 6.08 Å². The van der Waals surface area contributed by atoms with Gasteiger partial charge in [-0.15, -0.1) is 0 Å². The Morgan fingerprint density at radius 3 is 2.25 bits per heavy atom. The van der Waals surface area contributed by atoms with Crippen LogP contribution in [0.3, 0.4) is 0 Å². The highest BCUT2D eigenvalue weighted by Crippen LogP contribution is 2.17. The molecule has 0 unspecified atom stereocenters. The van der Waals surface area contributed by atoms with Crippen LogP contribution < -0.4 is 0 Å². The van der Waals surface area contributed by atoms with Gasteiger partial charge in [0.15, 0.2) is 5.78 Å². The first-order valence-corrected chi connectivity index (χ1v) is 5.60. The molecule has 0 heterocycles. The average Bonchev–Trinajstić information content (AvgIpc) is 2.18. The number of aryl methyl sites for hydroxylation is 2. The molecule has 0 saturated carbocycles. The zero-order valence-corrected chi connectivity index (χ0v) is 10.8. The predicted octanol–water partition coefficient (Wildman–Crippen LogP) is 3.93. The first kappa shape index (κ1) is 12.7. The third-order valence-electron chi connectivity index (χ3n) is 2.70. The zero-order chi connectivity index (χ0) is 12.3. The molecule has 1 nitrogen and oxygen atoms in total. The molecule has 1 aromatic rings. The van der Waals surface area contributed by atoms with Crippen molar-refractivity contribution in [2.75, 3.05) is 0 Å². The molecule has 0 bridgehead atoms. The fourth-order valence-electron chi connectivity index (χ4n) is 1.29. The van der Waals surface area contributed by atoms with E-state index in [1.807, 2.05) is 32.9 Å². The molecule has 0 aliphatic heterocycles. The van der Waals surface area contributed by atoms with Gasteiger partial charge in [0.1, 0.15) is 0 Å². The van der Waals surface area contributed by atoms with Gasteiger partial charge in [-0.2, -0.15) is 0 Å². The second kappa shape index (κ2) is 4.65. The van der Waals surface area contributed by atoms with E-state index in [9.17, 15) is 4.79 Å². The van der Waals surface area contributed by atoms with Crippen molar-refractivity contribution in [3.8, 4) is 0 Å². The van der Waals surface area contributed by atoms with Gasteiger partial charge < -0.3 is 0 Å². The first-order valence-electron chi connectivity index (χ1n) is 5.60. The summed E-state index contributed by atoms with van der Waals surface area (Å²) in [5.74, 6) is 0.158. The van der Waals surface area contributed by atoms with Crippen LogP contribution in [0.4, 0.5) is 0 Å². The SMILES string of the molecule is Cc1ccc(/C=C/C(=O)C(C)(C)C)cc1C. The van der Waals surface area contributed by atoms with Crippen molar-refractivity contribution in [1.29, 1.82) is 0 Å². The Morgan fingerprint density at radius 1 is 1.12 bits per heavy atom. The van der Waals surface area contributed by atoms with Crippen LogP contribution in [-0.2, 0) is 4.79 Å². The minimum atomic E-state index is -0.295. The van der Waals surface area contributed by atoms with Crippen molar-refractivity contribution in [3.05, 3.63) is 41.0 Å². The van der Waals surface area contributed by atoms with Crippen molar-refractivity contribution < 1.29 is 4.79 Å². The molecule has 0 N–H and O–H groups in total. The maximum absolute atomic E-state index is 11.7. The monoisotopic (exact) mass is 216 g/mol. The maximum Gasteiger partial charge on any atom is 0.161 e. The summed E-state index contributed by atoms with van der Waals surface area (Å²) in [5.41, 5.74) is 3.32. The summed E-state index contributed by atoms with van der Waals surface area (Å²) < 4.78 is 0. The normalized spacial score (nSPS) is 12.1. The standard InChI is InChI=1S/C15H20O/c1-11-6-7-13(10-12(11)2)8-9-14(16)15(3,4)5/h6-10H,1-5H3/b9-8+. The van der Waals surface area contributed by atoms with Gasteiger partial charge in [-0.3, -0.25) is 4.79 Å². The molecular weight excluding hydrogens is 196 g/mol. The molecule has 0 amide bonds. The summed E-state index contributed by atoms with van der Waals surface area (Å²) in [5, 5.41) is 0. The van der Waals surface area contributed by atoms with Gasteiger partial charge in [-0.1, -0.05) is 45.0 Å². The lowest BCUT2D eigenvalue weighted by atomic mass is 9.90. The minimum Gasteiger partial charge on any atom is -0.294 e. The highest BCUT2D eigenvalue weighted by molar-refractivity contribution is 5.97. The Kier molecular flexibility index (Phi) is 3.69. The van der Waals surface area contributed by atoms with Crippen LogP contribution in [0.25, 0.3) is 6.08 Å². The second-order valence-corrected chi connectivity index (χ2v) is 5.29. The number of benzene rings is 1. The third-order valence-corrected chi connectivity index (χ3v) is 2.70. The summed E-state index contributed by atoms with van der Waals surface area (Å²) in [7, 11) is 0. The van der Waals surface area contributed by atoms with E-state index in [0.29, 0.717) is 0 Å². The van der Waals surface area contributed by atoms with Gasteiger partial charge in [0.25, 0.3) is 0 Å². The smallest absolute Gasteiger partial charge is 0.161 e. The lowest BCUT2D eigenvalue weighted by Gasteiger charge is -2.12. The fraction of sp³-hybridized carbons (Fsp3) is 0.400. The second-order valence-electron chi connectivity index (χ2n) is 5.29. The van der Waals surface area contributed by atoms with Crippen LogP contribution in [0.5, 0.6) is 0 Å². The topological polar surface area (TPSA) is 17.1 Å². The molecule has 0 radical (unpaired) electrons. The fourth-order valence-corrected chi connectivity index (χ4v) is 1.29. The average molecular weight is 216 g/mol. The van der Waals surface area contributed by atoms with E-state index in [0.717, 1.165) is 5.56 Å². The number of carbonyl (C=O) groups excluding carboxylic acids is 1.